The van der Waals surface area contributed by atoms with Crippen molar-refractivity contribution in [2.45, 2.75) is 58.4 Å². The van der Waals surface area contributed by atoms with Gasteiger partial charge in [0.05, 0.1) is 49.0 Å². The zero-order chi connectivity index (χ0) is 26.6. The number of nitrogens with zero attached hydrogens (tertiary/aromatic N) is 4. The molecule has 38 heavy (non-hydrogen) atoms. The number of aromatic amines is 1. The summed E-state index contributed by atoms with van der Waals surface area (Å²) in [5.41, 5.74) is 2.95. The van der Waals surface area contributed by atoms with E-state index in [0.29, 0.717) is 36.3 Å². The summed E-state index contributed by atoms with van der Waals surface area (Å²) in [5.74, 6) is 3.37. The summed E-state index contributed by atoms with van der Waals surface area (Å²) in [6.07, 6.45) is 4.59. The number of anilines is 1. The number of thiazole rings is 1. The maximum absolute atomic E-state index is 14.7. The first kappa shape index (κ1) is 26.6. The highest BCUT2D eigenvalue weighted by atomic mass is 32.1. The Labute approximate surface area is 227 Å². The second-order valence-corrected chi connectivity index (χ2v) is 11.7. The summed E-state index contributed by atoms with van der Waals surface area (Å²) in [5, 5.41) is 6.05. The molecule has 1 amide bonds. The van der Waals surface area contributed by atoms with Crippen LogP contribution >= 0.6 is 11.3 Å². The summed E-state index contributed by atoms with van der Waals surface area (Å²) >= 11 is 1.49. The van der Waals surface area contributed by atoms with Gasteiger partial charge in [-0.15, -0.1) is 11.3 Å². The van der Waals surface area contributed by atoms with E-state index in [1.807, 2.05) is 5.38 Å². The van der Waals surface area contributed by atoms with Crippen LogP contribution in [0.2, 0.25) is 0 Å². The first-order valence-electron chi connectivity index (χ1n) is 13.5. The van der Waals surface area contributed by atoms with Crippen LogP contribution in [0.3, 0.4) is 0 Å². The smallest absolute Gasteiger partial charge is 0.435 e. The number of benzene rings is 1. The van der Waals surface area contributed by atoms with Gasteiger partial charge in [0.2, 0.25) is 5.91 Å². The van der Waals surface area contributed by atoms with E-state index < -0.39 is 5.82 Å². The van der Waals surface area contributed by atoms with Crippen LogP contribution in [0.15, 0.2) is 33.6 Å². The molecule has 1 N–H and O–H groups in total. The van der Waals surface area contributed by atoms with Gasteiger partial charge in [-0.2, -0.15) is 0 Å². The van der Waals surface area contributed by atoms with Crippen LogP contribution in [0.25, 0.3) is 0 Å². The summed E-state index contributed by atoms with van der Waals surface area (Å²) in [6.45, 7) is 7.18. The minimum atomic E-state index is -0.404. The molecule has 1 aliphatic heterocycles. The largest absolute Gasteiger partial charge is 0.493 e. The zero-order valence-electron chi connectivity index (χ0n) is 22.4. The van der Waals surface area contributed by atoms with E-state index in [2.05, 4.69) is 33.9 Å². The number of carbonyl (C=O) groups excluding carboxylic acids is 1. The fourth-order valence-electron chi connectivity index (χ4n) is 5.38. The standard InChI is InChI=1S/C28H36FN5O3S/c1-18(2)27-31-28(37-32-27)34-9-6-19(7-10-34)24-12-20(24)8-11-36-23-5-4-21(25(29)14-23)13-26(35)33(3)15-22-16-38-17-30-22/h4-5,14,16-20,24H,6-13,15H2,1-3H3/p+1/t20-,24-/m1/s1. The van der Waals surface area contributed by atoms with Gasteiger partial charge in [0, 0.05) is 24.4 Å². The van der Waals surface area contributed by atoms with E-state index >= 15 is 0 Å². The van der Waals surface area contributed by atoms with Crippen molar-refractivity contribution >= 4 is 23.3 Å². The van der Waals surface area contributed by atoms with E-state index in [0.717, 1.165) is 61.7 Å². The maximum atomic E-state index is 14.7. The molecule has 204 valence electrons. The number of H-pyrrole nitrogens is 1. The first-order chi connectivity index (χ1) is 18.4. The lowest BCUT2D eigenvalue weighted by atomic mass is 9.90. The van der Waals surface area contributed by atoms with E-state index in [9.17, 15) is 9.18 Å². The molecule has 0 radical (unpaired) electrons. The lowest BCUT2D eigenvalue weighted by molar-refractivity contribution is -0.383. The molecule has 1 saturated heterocycles. The van der Waals surface area contributed by atoms with Gasteiger partial charge in [-0.05, 0) is 55.1 Å². The quantitative estimate of drug-likeness (QED) is 0.348. The Morgan fingerprint density at radius 3 is 2.84 bits per heavy atom. The zero-order valence-corrected chi connectivity index (χ0v) is 23.2. The third kappa shape index (κ3) is 6.51. The minimum absolute atomic E-state index is 0.0165. The van der Waals surface area contributed by atoms with Crippen LogP contribution in [0.1, 0.15) is 62.5 Å². The average molecular weight is 543 g/mol. The second kappa shape index (κ2) is 11.8. The van der Waals surface area contributed by atoms with Crippen LogP contribution in [0.5, 0.6) is 5.75 Å². The number of ether oxygens (including phenoxy) is 1. The van der Waals surface area contributed by atoms with Gasteiger partial charge < -0.3 is 9.64 Å². The maximum Gasteiger partial charge on any atom is 0.435 e. The highest BCUT2D eigenvalue weighted by Gasteiger charge is 2.44. The lowest BCUT2D eigenvalue weighted by Gasteiger charge is -2.27. The fourth-order valence-corrected chi connectivity index (χ4v) is 5.93. The van der Waals surface area contributed by atoms with Gasteiger partial charge in [0.15, 0.2) is 0 Å². The molecule has 0 spiro atoms. The molecule has 2 atom stereocenters. The van der Waals surface area contributed by atoms with Crippen molar-refractivity contribution in [3.05, 3.63) is 52.0 Å². The van der Waals surface area contributed by atoms with Crippen molar-refractivity contribution in [3.8, 4) is 5.75 Å². The van der Waals surface area contributed by atoms with Crippen molar-refractivity contribution in [2.75, 3.05) is 31.6 Å². The van der Waals surface area contributed by atoms with Crippen LogP contribution in [-0.4, -0.2) is 47.7 Å². The Kier molecular flexibility index (Phi) is 8.26. The van der Waals surface area contributed by atoms with Crippen molar-refractivity contribution in [2.24, 2.45) is 17.8 Å². The van der Waals surface area contributed by atoms with Crippen LogP contribution in [0, 0.1) is 23.6 Å². The first-order valence-corrected chi connectivity index (χ1v) is 14.5. The topological polar surface area (TPSA) is 85.8 Å². The fraction of sp³-hybridized carbons (Fsp3) is 0.571. The molecule has 0 unspecified atom stereocenters. The van der Waals surface area contributed by atoms with E-state index in [1.54, 1.807) is 29.6 Å². The Morgan fingerprint density at radius 2 is 2.16 bits per heavy atom. The third-order valence-electron chi connectivity index (χ3n) is 7.85. The average Bonchev–Trinajstić information content (AvgIpc) is 3.26. The minimum Gasteiger partial charge on any atom is -0.493 e. The number of likely N-dealkylation sites (N-methyl/N-ethyl adjacent to an activating group) is 1. The number of hydrogen-bond donors (Lipinski definition) is 0. The summed E-state index contributed by atoms with van der Waals surface area (Å²) in [4.78, 5) is 23.8. The lowest BCUT2D eigenvalue weighted by Crippen LogP contribution is -2.37. The Hall–Kier alpha value is -3.01. The van der Waals surface area contributed by atoms with Gasteiger partial charge in [0.1, 0.15) is 11.6 Å². The molecule has 3 heterocycles. The molecule has 0 bridgehead atoms. The molecule has 10 heteroatoms. The normalized spacial score (nSPS) is 19.7. The summed E-state index contributed by atoms with van der Waals surface area (Å²) in [7, 11) is 1.71. The number of nitrogens with one attached hydrogen (secondary N) is 1. The van der Waals surface area contributed by atoms with Crippen molar-refractivity contribution < 1.29 is 23.4 Å². The molecular formula is C28H37FN5O3S+. The van der Waals surface area contributed by atoms with Crippen molar-refractivity contribution in [1.82, 2.24) is 15.0 Å². The molecule has 5 rings (SSSR count). The molecule has 3 aromatic rings. The number of hydrogen-bond acceptors (Lipinski definition) is 7. The number of piperidine rings is 1. The molecule has 2 aliphatic rings. The van der Waals surface area contributed by atoms with Crippen molar-refractivity contribution in [1.29, 1.82) is 0 Å². The predicted molar refractivity (Wildman–Crippen MR) is 142 cm³/mol. The Balaban J connectivity index is 1.01. The molecule has 1 saturated carbocycles. The molecular weight excluding hydrogens is 505 g/mol. The predicted octanol–water partition coefficient (Wildman–Crippen LogP) is 4.73. The van der Waals surface area contributed by atoms with E-state index in [-0.39, 0.29) is 12.3 Å². The van der Waals surface area contributed by atoms with Crippen LogP contribution < -0.4 is 14.6 Å². The SMILES string of the molecule is CC(C)c1noc(N2CCC([C@H]3C[C@H]3CCOc3ccc(CC(=O)N(C)Cc4cscn4)c(F)c3)CC2)[nH+]1. The highest BCUT2D eigenvalue weighted by Crippen LogP contribution is 2.49. The molecule has 1 aromatic carbocycles. The molecule has 8 nitrogen and oxygen atoms in total. The molecule has 1 aliphatic carbocycles. The van der Waals surface area contributed by atoms with Gasteiger partial charge in [0.25, 0.3) is 5.82 Å². The Morgan fingerprint density at radius 1 is 1.34 bits per heavy atom. The number of rotatable bonds is 11. The van der Waals surface area contributed by atoms with E-state index in [4.69, 9.17) is 9.26 Å². The third-order valence-corrected chi connectivity index (χ3v) is 8.49. The van der Waals surface area contributed by atoms with Gasteiger partial charge >= 0.3 is 6.01 Å². The summed E-state index contributed by atoms with van der Waals surface area (Å²) < 4.78 is 26.1. The van der Waals surface area contributed by atoms with Gasteiger partial charge in [-0.1, -0.05) is 19.9 Å². The van der Waals surface area contributed by atoms with Gasteiger partial charge in [-0.25, -0.2) is 18.9 Å². The van der Waals surface area contributed by atoms with Crippen LogP contribution in [-0.2, 0) is 17.8 Å². The number of amides is 1. The van der Waals surface area contributed by atoms with Crippen molar-refractivity contribution in [3.63, 3.8) is 0 Å². The summed E-state index contributed by atoms with van der Waals surface area (Å²) in [6, 6.07) is 5.59. The van der Waals surface area contributed by atoms with Gasteiger partial charge in [-0.3, -0.25) is 9.69 Å². The van der Waals surface area contributed by atoms with E-state index in [1.165, 1.54) is 23.8 Å². The van der Waals surface area contributed by atoms with Crippen LogP contribution in [0.4, 0.5) is 10.4 Å². The molecule has 2 fully saturated rings. The monoisotopic (exact) mass is 542 g/mol. The highest BCUT2D eigenvalue weighted by molar-refractivity contribution is 7.07. The molecule has 2 aromatic heterocycles. The number of aromatic nitrogens is 3. The number of carbonyl (C=O) groups is 1. The Bertz CT molecular complexity index is 1210. The second-order valence-electron chi connectivity index (χ2n) is 10.9. The number of halogens is 1.